The van der Waals surface area contributed by atoms with E-state index in [-0.39, 0.29) is 12.8 Å². The zero-order valence-electron chi connectivity index (χ0n) is 16.1. The van der Waals surface area contributed by atoms with E-state index in [0.717, 1.165) is 27.4 Å². The molecule has 0 saturated carbocycles. The average Bonchev–Trinajstić information content (AvgIpc) is 3.30. The summed E-state index contributed by atoms with van der Waals surface area (Å²) in [6, 6.07) is 14.4. The average molecular weight is 406 g/mol. The number of carbonyl (C=O) groups is 2. The molecule has 2 aromatic carbocycles. The van der Waals surface area contributed by atoms with E-state index in [2.05, 4.69) is 20.8 Å². The topological polar surface area (TPSA) is 130 Å². The Morgan fingerprint density at radius 1 is 0.967 bits per heavy atom. The van der Waals surface area contributed by atoms with Crippen LogP contribution in [0.4, 0.5) is 5.69 Å². The molecule has 2 aromatic heterocycles. The number of hydrogen-bond donors (Lipinski definition) is 6. The van der Waals surface area contributed by atoms with Crippen molar-refractivity contribution in [3.63, 3.8) is 0 Å². The van der Waals surface area contributed by atoms with E-state index >= 15 is 0 Å². The zero-order valence-corrected chi connectivity index (χ0v) is 16.1. The molecule has 8 heteroatoms. The molecule has 0 unspecified atom stereocenters. The highest BCUT2D eigenvalue weighted by atomic mass is 16.4. The van der Waals surface area contributed by atoms with Crippen LogP contribution in [0, 0.1) is 0 Å². The Labute approximate surface area is 171 Å². The Bertz CT molecular complexity index is 1210. The van der Waals surface area contributed by atoms with E-state index in [4.69, 9.17) is 5.11 Å². The Kier molecular flexibility index (Phi) is 5.40. The zero-order chi connectivity index (χ0) is 21.1. The molecule has 0 aliphatic rings. The lowest BCUT2D eigenvalue weighted by atomic mass is 10.1. The number of benzene rings is 2. The van der Waals surface area contributed by atoms with Gasteiger partial charge in [0.05, 0.1) is 12.1 Å². The highest BCUT2D eigenvalue weighted by Gasteiger charge is 2.21. The molecule has 30 heavy (non-hydrogen) atoms. The molecule has 8 nitrogen and oxygen atoms in total. The van der Waals surface area contributed by atoms with Crippen molar-refractivity contribution in [2.75, 3.05) is 5.43 Å². The predicted molar refractivity (Wildman–Crippen MR) is 114 cm³/mol. The van der Waals surface area contributed by atoms with Gasteiger partial charge in [-0.25, -0.2) is 5.43 Å². The first-order valence-corrected chi connectivity index (χ1v) is 9.63. The molecule has 0 aliphatic carbocycles. The number of aliphatic carboxylic acids is 2. The minimum absolute atomic E-state index is 0.0286. The molecular formula is C22H22N4O4. The maximum atomic E-state index is 11.9. The van der Waals surface area contributed by atoms with Crippen LogP contribution < -0.4 is 10.9 Å². The van der Waals surface area contributed by atoms with E-state index < -0.39 is 18.0 Å². The molecule has 6 N–H and O–H groups in total. The summed E-state index contributed by atoms with van der Waals surface area (Å²) < 4.78 is 0. The van der Waals surface area contributed by atoms with Crippen molar-refractivity contribution in [2.24, 2.45) is 0 Å². The summed E-state index contributed by atoms with van der Waals surface area (Å²) >= 11 is 0. The van der Waals surface area contributed by atoms with Gasteiger partial charge >= 0.3 is 11.9 Å². The number of para-hydroxylation sites is 2. The number of aromatic nitrogens is 2. The van der Waals surface area contributed by atoms with Gasteiger partial charge in [0.25, 0.3) is 0 Å². The van der Waals surface area contributed by atoms with Gasteiger partial charge in [-0.3, -0.25) is 9.59 Å². The summed E-state index contributed by atoms with van der Waals surface area (Å²) in [6.07, 6.45) is 2.37. The normalized spacial score (nSPS) is 12.3. The van der Waals surface area contributed by atoms with Crippen molar-refractivity contribution in [2.45, 2.75) is 25.3 Å². The van der Waals surface area contributed by atoms with Gasteiger partial charge in [0.1, 0.15) is 6.04 Å². The van der Waals surface area contributed by atoms with E-state index in [1.165, 1.54) is 0 Å². The molecule has 0 amide bonds. The molecule has 2 heterocycles. The van der Waals surface area contributed by atoms with Crippen molar-refractivity contribution in [3.05, 3.63) is 66.0 Å². The molecule has 154 valence electrons. The van der Waals surface area contributed by atoms with Gasteiger partial charge in [0.2, 0.25) is 0 Å². The fourth-order valence-electron chi connectivity index (χ4n) is 3.64. The summed E-state index contributed by atoms with van der Waals surface area (Å²) in [5.41, 5.74) is 10.0. The summed E-state index contributed by atoms with van der Waals surface area (Å²) in [7, 11) is 0. The minimum Gasteiger partial charge on any atom is -0.481 e. The van der Waals surface area contributed by atoms with Gasteiger partial charge in [-0.1, -0.05) is 36.4 Å². The molecule has 4 aromatic rings. The number of fused-ring (bicyclic) bond motifs is 2. The SMILES string of the molecule is O=C(O)CCc1[nH]c2ccccc2c1NN[C@@H](Cc1c[nH]c2ccccc12)C(=O)O. The molecule has 0 bridgehead atoms. The van der Waals surface area contributed by atoms with E-state index in [0.29, 0.717) is 17.8 Å². The Hall–Kier alpha value is -3.78. The third-order valence-corrected chi connectivity index (χ3v) is 5.14. The lowest BCUT2D eigenvalue weighted by Gasteiger charge is -2.17. The van der Waals surface area contributed by atoms with Crippen LogP contribution in [-0.4, -0.2) is 38.2 Å². The Morgan fingerprint density at radius 3 is 2.40 bits per heavy atom. The van der Waals surface area contributed by atoms with Gasteiger partial charge < -0.3 is 25.6 Å². The van der Waals surface area contributed by atoms with Crippen molar-refractivity contribution >= 4 is 39.4 Å². The Morgan fingerprint density at radius 2 is 1.67 bits per heavy atom. The van der Waals surface area contributed by atoms with Crippen LogP contribution in [0.25, 0.3) is 21.8 Å². The largest absolute Gasteiger partial charge is 0.481 e. The molecule has 0 aliphatic heterocycles. The summed E-state index contributed by atoms with van der Waals surface area (Å²) in [4.78, 5) is 29.3. The smallest absolute Gasteiger partial charge is 0.322 e. The number of rotatable bonds is 9. The molecule has 0 spiro atoms. The molecule has 1 atom stereocenters. The van der Waals surface area contributed by atoms with Crippen LogP contribution in [0.2, 0.25) is 0 Å². The van der Waals surface area contributed by atoms with E-state index in [1.54, 1.807) is 0 Å². The number of carboxylic acid groups (broad SMARTS) is 2. The summed E-state index contributed by atoms with van der Waals surface area (Å²) in [5, 5.41) is 20.6. The van der Waals surface area contributed by atoms with Crippen LogP contribution in [0.15, 0.2) is 54.7 Å². The first-order chi connectivity index (χ1) is 14.5. The molecule has 4 rings (SSSR count). The number of anilines is 1. The Balaban J connectivity index is 1.57. The van der Waals surface area contributed by atoms with Crippen molar-refractivity contribution in [1.82, 2.24) is 15.4 Å². The van der Waals surface area contributed by atoms with Crippen molar-refractivity contribution < 1.29 is 19.8 Å². The summed E-state index contributed by atoms with van der Waals surface area (Å²) in [6.45, 7) is 0. The second-order valence-corrected chi connectivity index (χ2v) is 7.14. The molecular weight excluding hydrogens is 384 g/mol. The molecule has 0 saturated heterocycles. The van der Waals surface area contributed by atoms with Crippen LogP contribution in [0.3, 0.4) is 0 Å². The number of aromatic amines is 2. The van der Waals surface area contributed by atoms with Gasteiger partial charge in [0, 0.05) is 46.5 Å². The fourth-order valence-corrected chi connectivity index (χ4v) is 3.64. The van der Waals surface area contributed by atoms with Gasteiger partial charge in [-0.05, 0) is 17.7 Å². The van der Waals surface area contributed by atoms with Crippen LogP contribution in [0.1, 0.15) is 17.7 Å². The first-order valence-electron chi connectivity index (χ1n) is 9.63. The quantitative estimate of drug-likeness (QED) is 0.237. The van der Waals surface area contributed by atoms with Gasteiger partial charge in [0.15, 0.2) is 0 Å². The van der Waals surface area contributed by atoms with E-state index in [1.807, 2.05) is 54.7 Å². The van der Waals surface area contributed by atoms with Crippen molar-refractivity contribution in [3.8, 4) is 0 Å². The lowest BCUT2D eigenvalue weighted by molar-refractivity contribution is -0.139. The molecule has 0 radical (unpaired) electrons. The lowest BCUT2D eigenvalue weighted by Crippen LogP contribution is -2.42. The van der Waals surface area contributed by atoms with E-state index in [9.17, 15) is 14.7 Å². The summed E-state index contributed by atoms with van der Waals surface area (Å²) in [5.74, 6) is -1.88. The number of H-pyrrole nitrogens is 2. The maximum absolute atomic E-state index is 11.9. The predicted octanol–water partition coefficient (Wildman–Crippen LogP) is 3.28. The minimum atomic E-state index is -0.986. The third-order valence-electron chi connectivity index (χ3n) is 5.14. The van der Waals surface area contributed by atoms with Crippen LogP contribution in [0.5, 0.6) is 0 Å². The maximum Gasteiger partial charge on any atom is 0.322 e. The second kappa shape index (κ2) is 8.30. The number of hydrazine groups is 1. The number of aryl methyl sites for hydroxylation is 1. The highest BCUT2D eigenvalue weighted by molar-refractivity contribution is 5.94. The van der Waals surface area contributed by atoms with Gasteiger partial charge in [-0.2, -0.15) is 0 Å². The van der Waals surface area contributed by atoms with Gasteiger partial charge in [-0.15, -0.1) is 0 Å². The first kappa shape index (κ1) is 19.5. The fraction of sp³-hybridized carbons (Fsp3) is 0.182. The third kappa shape index (κ3) is 3.99. The van der Waals surface area contributed by atoms with Crippen LogP contribution in [-0.2, 0) is 22.4 Å². The van der Waals surface area contributed by atoms with Crippen molar-refractivity contribution in [1.29, 1.82) is 0 Å². The highest BCUT2D eigenvalue weighted by Crippen LogP contribution is 2.28. The monoisotopic (exact) mass is 406 g/mol. The standard InChI is InChI=1S/C22H22N4O4/c27-20(28)10-9-18-21(15-6-2-4-8-17(15)24-18)26-25-19(22(29)30)11-13-12-23-16-7-3-1-5-14(13)16/h1-8,12,19,23-26H,9-11H2,(H,27,28)(H,29,30)/t19-/m0/s1. The number of nitrogens with one attached hydrogen (secondary N) is 4. The second-order valence-electron chi connectivity index (χ2n) is 7.14. The number of carboxylic acids is 2. The van der Waals surface area contributed by atoms with Crippen LogP contribution >= 0.6 is 0 Å². The number of hydrogen-bond acceptors (Lipinski definition) is 4. The molecule has 0 fully saturated rings.